The van der Waals surface area contributed by atoms with Crippen molar-refractivity contribution in [2.45, 2.75) is 38.8 Å². The molecule has 1 aromatic rings. The standard InChI is InChI=1S/C13H21N3/c1-3-14-13-11(6-5-9-15-13)10-16(2)12-7-4-8-12/h5-6,9,12H,3-4,7-8,10H2,1-2H3,(H,14,15). The highest BCUT2D eigenvalue weighted by Gasteiger charge is 2.22. The van der Waals surface area contributed by atoms with E-state index in [2.05, 4.69) is 35.2 Å². The van der Waals surface area contributed by atoms with Crippen LogP contribution in [0.2, 0.25) is 0 Å². The summed E-state index contributed by atoms with van der Waals surface area (Å²) in [5, 5.41) is 3.32. The normalized spacial score (nSPS) is 16.2. The van der Waals surface area contributed by atoms with Gasteiger partial charge in [-0.2, -0.15) is 0 Å². The van der Waals surface area contributed by atoms with Gasteiger partial charge in [0.25, 0.3) is 0 Å². The number of hydrogen-bond acceptors (Lipinski definition) is 3. The molecule has 16 heavy (non-hydrogen) atoms. The van der Waals surface area contributed by atoms with Crippen molar-refractivity contribution in [2.24, 2.45) is 0 Å². The quantitative estimate of drug-likeness (QED) is 0.824. The molecule has 0 aliphatic heterocycles. The predicted octanol–water partition coefficient (Wildman–Crippen LogP) is 2.50. The van der Waals surface area contributed by atoms with Gasteiger partial charge in [0.1, 0.15) is 5.82 Å². The fourth-order valence-corrected chi connectivity index (χ4v) is 2.12. The maximum Gasteiger partial charge on any atom is 0.130 e. The minimum absolute atomic E-state index is 0.787. The summed E-state index contributed by atoms with van der Waals surface area (Å²) in [4.78, 5) is 6.83. The monoisotopic (exact) mass is 219 g/mol. The van der Waals surface area contributed by atoms with Gasteiger partial charge in [-0.25, -0.2) is 4.98 Å². The Labute approximate surface area is 97.9 Å². The van der Waals surface area contributed by atoms with Crippen LogP contribution in [0.1, 0.15) is 31.7 Å². The molecule has 0 bridgehead atoms. The molecule has 3 heteroatoms. The third-order valence-electron chi connectivity index (χ3n) is 3.35. The Kier molecular flexibility index (Phi) is 3.78. The zero-order chi connectivity index (χ0) is 11.4. The second kappa shape index (κ2) is 5.30. The Morgan fingerprint density at radius 3 is 2.94 bits per heavy atom. The summed E-state index contributed by atoms with van der Waals surface area (Å²) in [5.41, 5.74) is 1.30. The summed E-state index contributed by atoms with van der Waals surface area (Å²) in [6, 6.07) is 4.97. The number of nitrogens with one attached hydrogen (secondary N) is 1. The molecule has 1 fully saturated rings. The van der Waals surface area contributed by atoms with Crippen molar-refractivity contribution >= 4 is 5.82 Å². The van der Waals surface area contributed by atoms with Crippen LogP contribution in [0, 0.1) is 0 Å². The van der Waals surface area contributed by atoms with Crippen LogP contribution in [0.5, 0.6) is 0 Å². The van der Waals surface area contributed by atoms with Crippen LogP contribution in [-0.4, -0.2) is 29.5 Å². The number of pyridine rings is 1. The molecular formula is C13H21N3. The second-order valence-corrected chi connectivity index (χ2v) is 4.54. The third-order valence-corrected chi connectivity index (χ3v) is 3.35. The van der Waals surface area contributed by atoms with Crippen LogP contribution in [0.3, 0.4) is 0 Å². The van der Waals surface area contributed by atoms with E-state index in [0.717, 1.165) is 24.9 Å². The minimum Gasteiger partial charge on any atom is -0.370 e. The first-order valence-electron chi connectivity index (χ1n) is 6.19. The SMILES string of the molecule is CCNc1ncccc1CN(C)C1CCC1. The van der Waals surface area contributed by atoms with E-state index in [-0.39, 0.29) is 0 Å². The van der Waals surface area contributed by atoms with E-state index >= 15 is 0 Å². The van der Waals surface area contributed by atoms with Crippen LogP contribution < -0.4 is 5.32 Å². The van der Waals surface area contributed by atoms with Crippen molar-refractivity contribution < 1.29 is 0 Å². The van der Waals surface area contributed by atoms with Gasteiger partial charge in [0, 0.05) is 30.9 Å². The maximum absolute atomic E-state index is 4.39. The average molecular weight is 219 g/mol. The van der Waals surface area contributed by atoms with Crippen molar-refractivity contribution in [1.29, 1.82) is 0 Å². The van der Waals surface area contributed by atoms with Crippen LogP contribution in [0.15, 0.2) is 18.3 Å². The van der Waals surface area contributed by atoms with Gasteiger partial charge in [-0.3, -0.25) is 4.90 Å². The molecular weight excluding hydrogens is 198 g/mol. The van der Waals surface area contributed by atoms with Gasteiger partial charge in [-0.1, -0.05) is 12.5 Å². The van der Waals surface area contributed by atoms with E-state index in [1.54, 1.807) is 0 Å². The molecule has 3 nitrogen and oxygen atoms in total. The predicted molar refractivity (Wildman–Crippen MR) is 67.5 cm³/mol. The first-order valence-corrected chi connectivity index (χ1v) is 6.19. The Morgan fingerprint density at radius 2 is 2.31 bits per heavy atom. The molecule has 1 N–H and O–H groups in total. The van der Waals surface area contributed by atoms with E-state index in [4.69, 9.17) is 0 Å². The van der Waals surface area contributed by atoms with Crippen molar-refractivity contribution in [3.05, 3.63) is 23.9 Å². The van der Waals surface area contributed by atoms with Gasteiger partial charge in [0.15, 0.2) is 0 Å². The Morgan fingerprint density at radius 1 is 1.50 bits per heavy atom. The molecule has 1 saturated carbocycles. The van der Waals surface area contributed by atoms with Gasteiger partial charge in [0.05, 0.1) is 0 Å². The van der Waals surface area contributed by atoms with E-state index in [0.29, 0.717) is 0 Å². The van der Waals surface area contributed by atoms with Crippen LogP contribution in [0.4, 0.5) is 5.82 Å². The maximum atomic E-state index is 4.39. The molecule has 0 saturated heterocycles. The fourth-order valence-electron chi connectivity index (χ4n) is 2.12. The highest BCUT2D eigenvalue weighted by molar-refractivity contribution is 5.43. The fraction of sp³-hybridized carbons (Fsp3) is 0.615. The third kappa shape index (κ3) is 2.53. The van der Waals surface area contributed by atoms with Crippen molar-refractivity contribution in [2.75, 3.05) is 18.9 Å². The van der Waals surface area contributed by atoms with Crippen molar-refractivity contribution in [1.82, 2.24) is 9.88 Å². The molecule has 0 amide bonds. The first kappa shape index (κ1) is 11.4. The lowest BCUT2D eigenvalue weighted by Gasteiger charge is -2.35. The first-order chi connectivity index (χ1) is 7.81. The van der Waals surface area contributed by atoms with E-state index in [1.807, 2.05) is 12.3 Å². The summed E-state index contributed by atoms with van der Waals surface area (Å²) < 4.78 is 0. The van der Waals surface area contributed by atoms with Crippen LogP contribution >= 0.6 is 0 Å². The Balaban J connectivity index is 2.01. The van der Waals surface area contributed by atoms with Crippen molar-refractivity contribution in [3.8, 4) is 0 Å². The highest BCUT2D eigenvalue weighted by Crippen LogP contribution is 2.25. The largest absolute Gasteiger partial charge is 0.370 e. The minimum atomic E-state index is 0.787. The topological polar surface area (TPSA) is 28.2 Å². The van der Waals surface area contributed by atoms with Crippen LogP contribution in [0.25, 0.3) is 0 Å². The zero-order valence-corrected chi connectivity index (χ0v) is 10.2. The van der Waals surface area contributed by atoms with E-state index in [1.165, 1.54) is 24.8 Å². The molecule has 0 atom stereocenters. The number of aromatic nitrogens is 1. The van der Waals surface area contributed by atoms with Crippen LogP contribution in [-0.2, 0) is 6.54 Å². The molecule has 0 spiro atoms. The second-order valence-electron chi connectivity index (χ2n) is 4.54. The van der Waals surface area contributed by atoms with Gasteiger partial charge in [-0.05, 0) is 32.9 Å². The number of hydrogen-bond donors (Lipinski definition) is 1. The lowest BCUT2D eigenvalue weighted by molar-refractivity contribution is 0.153. The molecule has 88 valence electrons. The Hall–Kier alpha value is -1.09. The molecule has 1 aliphatic carbocycles. The molecule has 1 aliphatic rings. The summed E-state index contributed by atoms with van der Waals surface area (Å²) in [5.74, 6) is 1.04. The lowest BCUT2D eigenvalue weighted by Crippen LogP contribution is -2.36. The molecule has 0 aromatic carbocycles. The average Bonchev–Trinajstić information content (AvgIpc) is 2.18. The zero-order valence-electron chi connectivity index (χ0n) is 10.2. The smallest absolute Gasteiger partial charge is 0.130 e. The van der Waals surface area contributed by atoms with Gasteiger partial charge >= 0.3 is 0 Å². The number of rotatable bonds is 5. The van der Waals surface area contributed by atoms with Gasteiger partial charge < -0.3 is 5.32 Å². The summed E-state index contributed by atoms with van der Waals surface area (Å²) in [7, 11) is 2.21. The van der Waals surface area contributed by atoms with E-state index < -0.39 is 0 Å². The molecule has 0 unspecified atom stereocenters. The van der Waals surface area contributed by atoms with Gasteiger partial charge in [0.2, 0.25) is 0 Å². The lowest BCUT2D eigenvalue weighted by atomic mass is 9.91. The molecule has 2 rings (SSSR count). The van der Waals surface area contributed by atoms with E-state index in [9.17, 15) is 0 Å². The Bertz CT molecular complexity index is 334. The summed E-state index contributed by atoms with van der Waals surface area (Å²) in [6.07, 6.45) is 5.95. The number of anilines is 1. The summed E-state index contributed by atoms with van der Waals surface area (Å²) >= 11 is 0. The summed E-state index contributed by atoms with van der Waals surface area (Å²) in [6.45, 7) is 4.03. The van der Waals surface area contributed by atoms with Crippen molar-refractivity contribution in [3.63, 3.8) is 0 Å². The number of nitrogens with zero attached hydrogens (tertiary/aromatic N) is 2. The van der Waals surface area contributed by atoms with Gasteiger partial charge in [-0.15, -0.1) is 0 Å². The molecule has 0 radical (unpaired) electrons. The highest BCUT2D eigenvalue weighted by atomic mass is 15.1. The molecule has 1 heterocycles. The molecule has 1 aromatic heterocycles.